The molecule has 0 amide bonds. The highest BCUT2D eigenvalue weighted by molar-refractivity contribution is 5.89. The van der Waals surface area contributed by atoms with Crippen LogP contribution >= 0.6 is 0 Å². The molecule has 17 heavy (non-hydrogen) atoms. The molecule has 0 heterocycles. The molecule has 4 N–H and O–H groups in total. The zero-order chi connectivity index (χ0) is 12.8. The molecule has 0 saturated heterocycles. The minimum Gasteiger partial charge on any atom is -0.462 e. The summed E-state index contributed by atoms with van der Waals surface area (Å²) in [7, 11) is 0. The maximum absolute atomic E-state index is 11.5. The summed E-state index contributed by atoms with van der Waals surface area (Å²) in [5, 5.41) is 19.2. The Morgan fingerprint density at radius 2 is 2.18 bits per heavy atom. The van der Waals surface area contributed by atoms with Crippen LogP contribution in [0, 0.1) is 0 Å². The van der Waals surface area contributed by atoms with Gasteiger partial charge >= 0.3 is 5.97 Å². The van der Waals surface area contributed by atoms with E-state index in [1.54, 1.807) is 25.1 Å². The molecule has 0 aliphatic carbocycles. The number of esters is 1. The Hall–Kier alpha value is -1.43. The number of rotatable bonds is 5. The second-order valence-corrected chi connectivity index (χ2v) is 3.59. The van der Waals surface area contributed by atoms with Gasteiger partial charge in [0.1, 0.15) is 6.10 Å². The third kappa shape index (κ3) is 3.52. The zero-order valence-corrected chi connectivity index (χ0v) is 9.67. The maximum Gasteiger partial charge on any atom is 0.338 e. The van der Waals surface area contributed by atoms with Gasteiger partial charge < -0.3 is 20.7 Å². The van der Waals surface area contributed by atoms with E-state index in [1.165, 1.54) is 6.07 Å². The minimum atomic E-state index is -1.10. The quantitative estimate of drug-likeness (QED) is 0.639. The fourth-order valence-electron chi connectivity index (χ4n) is 1.42. The Morgan fingerprint density at radius 3 is 2.76 bits per heavy atom. The first-order valence-electron chi connectivity index (χ1n) is 5.43. The van der Waals surface area contributed by atoms with Crippen LogP contribution in [0.4, 0.5) is 0 Å². The number of nitrogens with two attached hydrogens (primary N) is 1. The lowest BCUT2D eigenvalue weighted by molar-refractivity contribution is 0.0242. The number of aliphatic hydroxyl groups excluding tert-OH is 2. The predicted molar refractivity (Wildman–Crippen MR) is 62.4 cm³/mol. The van der Waals surface area contributed by atoms with Crippen molar-refractivity contribution in [3.63, 3.8) is 0 Å². The monoisotopic (exact) mass is 239 g/mol. The normalized spacial score (nSPS) is 14.1. The van der Waals surface area contributed by atoms with E-state index in [1.807, 2.05) is 0 Å². The van der Waals surface area contributed by atoms with Crippen LogP contribution in [0.2, 0.25) is 0 Å². The van der Waals surface area contributed by atoms with E-state index in [-0.39, 0.29) is 13.2 Å². The average Bonchev–Trinajstić information content (AvgIpc) is 2.37. The molecule has 1 aromatic carbocycles. The summed E-state index contributed by atoms with van der Waals surface area (Å²) >= 11 is 0. The molecule has 0 aromatic heterocycles. The lowest BCUT2D eigenvalue weighted by Gasteiger charge is -2.16. The molecular formula is C12H17NO4. The van der Waals surface area contributed by atoms with Gasteiger partial charge in [-0.1, -0.05) is 12.1 Å². The van der Waals surface area contributed by atoms with Crippen LogP contribution in [0.1, 0.15) is 28.9 Å². The van der Waals surface area contributed by atoms with Gasteiger partial charge in [-0.25, -0.2) is 4.79 Å². The van der Waals surface area contributed by atoms with Crippen LogP contribution in [-0.4, -0.2) is 35.4 Å². The summed E-state index contributed by atoms with van der Waals surface area (Å²) in [4.78, 5) is 11.5. The molecule has 5 heteroatoms. The van der Waals surface area contributed by atoms with Crippen molar-refractivity contribution in [3.05, 3.63) is 35.4 Å². The third-order valence-corrected chi connectivity index (χ3v) is 2.35. The summed E-state index contributed by atoms with van der Waals surface area (Å²) in [6, 6.07) is 6.31. The number of hydrogen-bond acceptors (Lipinski definition) is 5. The summed E-state index contributed by atoms with van der Waals surface area (Å²) < 4.78 is 4.84. The fraction of sp³-hybridized carbons (Fsp3) is 0.417. The highest BCUT2D eigenvalue weighted by Gasteiger charge is 2.18. The highest BCUT2D eigenvalue weighted by atomic mass is 16.5. The number of carbonyl (C=O) groups excluding carboxylic acids is 1. The molecule has 5 nitrogen and oxygen atoms in total. The van der Waals surface area contributed by atoms with Gasteiger partial charge in [-0.15, -0.1) is 0 Å². The summed E-state index contributed by atoms with van der Waals surface area (Å²) in [6.07, 6.45) is -2.15. The van der Waals surface area contributed by atoms with E-state index in [0.29, 0.717) is 11.1 Å². The Balaban J connectivity index is 2.89. The molecule has 0 radical (unpaired) electrons. The summed E-state index contributed by atoms with van der Waals surface area (Å²) in [5.41, 5.74) is 6.03. The molecule has 1 aromatic rings. The van der Waals surface area contributed by atoms with Crippen LogP contribution in [-0.2, 0) is 4.74 Å². The van der Waals surface area contributed by atoms with Crippen LogP contribution in [0.5, 0.6) is 0 Å². The molecule has 2 unspecified atom stereocenters. The summed E-state index contributed by atoms with van der Waals surface area (Å²) in [5.74, 6) is -0.455. The number of aliphatic hydroxyl groups is 2. The Bertz CT molecular complexity index is 381. The molecule has 94 valence electrons. The predicted octanol–water partition coefficient (Wildman–Crippen LogP) is 0.216. The number of benzene rings is 1. The standard InChI is InChI=1S/C12H17NO4/c1-2-17-12(16)9-5-3-4-8(6-9)11(15)10(14)7-13/h3-6,10-11,14-15H,2,7,13H2,1H3. The molecule has 0 fully saturated rings. The van der Waals surface area contributed by atoms with Crippen LogP contribution in [0.3, 0.4) is 0 Å². The van der Waals surface area contributed by atoms with Gasteiger partial charge in [0.15, 0.2) is 0 Å². The van der Waals surface area contributed by atoms with Gasteiger partial charge in [-0.2, -0.15) is 0 Å². The SMILES string of the molecule is CCOC(=O)c1cccc(C(O)C(O)CN)c1. The van der Waals surface area contributed by atoms with Gasteiger partial charge in [-0.05, 0) is 24.6 Å². The molecule has 0 aliphatic heterocycles. The van der Waals surface area contributed by atoms with Crippen molar-refractivity contribution in [2.24, 2.45) is 5.73 Å². The van der Waals surface area contributed by atoms with Crippen molar-refractivity contribution in [2.75, 3.05) is 13.2 Å². The van der Waals surface area contributed by atoms with Gasteiger partial charge in [0, 0.05) is 6.54 Å². The van der Waals surface area contributed by atoms with Crippen molar-refractivity contribution in [1.82, 2.24) is 0 Å². The van der Waals surface area contributed by atoms with Gasteiger partial charge in [0.2, 0.25) is 0 Å². The first-order chi connectivity index (χ1) is 8.10. The third-order valence-electron chi connectivity index (χ3n) is 2.35. The number of ether oxygens (including phenoxy) is 1. The summed E-state index contributed by atoms with van der Waals surface area (Å²) in [6.45, 7) is 1.95. The van der Waals surface area contributed by atoms with Gasteiger partial charge in [-0.3, -0.25) is 0 Å². The van der Waals surface area contributed by atoms with Crippen molar-refractivity contribution >= 4 is 5.97 Å². The lowest BCUT2D eigenvalue weighted by atomic mass is 10.0. The van der Waals surface area contributed by atoms with E-state index in [4.69, 9.17) is 10.5 Å². The first-order valence-corrected chi connectivity index (χ1v) is 5.43. The molecule has 0 aliphatic rings. The van der Waals surface area contributed by atoms with Crippen molar-refractivity contribution < 1.29 is 19.7 Å². The molecule has 2 atom stereocenters. The molecular weight excluding hydrogens is 222 g/mol. The van der Waals surface area contributed by atoms with E-state index in [2.05, 4.69) is 0 Å². The Morgan fingerprint density at radius 1 is 1.47 bits per heavy atom. The van der Waals surface area contributed by atoms with Crippen molar-refractivity contribution in [2.45, 2.75) is 19.1 Å². The van der Waals surface area contributed by atoms with E-state index < -0.39 is 18.2 Å². The van der Waals surface area contributed by atoms with Crippen LogP contribution in [0.15, 0.2) is 24.3 Å². The smallest absolute Gasteiger partial charge is 0.338 e. The average molecular weight is 239 g/mol. The topological polar surface area (TPSA) is 92.8 Å². The highest BCUT2D eigenvalue weighted by Crippen LogP contribution is 2.18. The van der Waals surface area contributed by atoms with Gasteiger partial charge in [0.25, 0.3) is 0 Å². The number of carbonyl (C=O) groups is 1. The Labute approximate surface area is 99.8 Å². The second kappa shape index (κ2) is 6.34. The number of hydrogen-bond donors (Lipinski definition) is 3. The fourth-order valence-corrected chi connectivity index (χ4v) is 1.42. The minimum absolute atomic E-state index is 0.0508. The van der Waals surface area contributed by atoms with E-state index in [9.17, 15) is 15.0 Å². The van der Waals surface area contributed by atoms with Crippen LogP contribution in [0.25, 0.3) is 0 Å². The lowest BCUT2D eigenvalue weighted by Crippen LogP contribution is -2.27. The Kier molecular flexibility index (Phi) is 5.09. The first kappa shape index (κ1) is 13.6. The van der Waals surface area contributed by atoms with E-state index >= 15 is 0 Å². The molecule has 1 rings (SSSR count). The zero-order valence-electron chi connectivity index (χ0n) is 9.67. The molecule has 0 bridgehead atoms. The van der Waals surface area contributed by atoms with Crippen LogP contribution < -0.4 is 5.73 Å². The van der Waals surface area contributed by atoms with Crippen molar-refractivity contribution in [3.8, 4) is 0 Å². The molecule has 0 spiro atoms. The van der Waals surface area contributed by atoms with Gasteiger partial charge in [0.05, 0.1) is 18.3 Å². The second-order valence-electron chi connectivity index (χ2n) is 3.59. The molecule has 0 saturated carbocycles. The largest absolute Gasteiger partial charge is 0.462 e. The van der Waals surface area contributed by atoms with Crippen molar-refractivity contribution in [1.29, 1.82) is 0 Å². The maximum atomic E-state index is 11.5. The van der Waals surface area contributed by atoms with E-state index in [0.717, 1.165) is 0 Å².